The Kier molecular flexibility index (Phi) is 6.08. The van der Waals surface area contributed by atoms with Crippen LogP contribution < -0.4 is 15.2 Å². The van der Waals surface area contributed by atoms with Gasteiger partial charge in [-0.15, -0.1) is 0 Å². The maximum atomic E-state index is 12.4. The second-order valence-electron chi connectivity index (χ2n) is 7.12. The van der Waals surface area contributed by atoms with Crippen molar-refractivity contribution in [2.75, 3.05) is 6.54 Å². The molecule has 0 aliphatic heterocycles. The number of carbonyl (C=O) groups is 2. The van der Waals surface area contributed by atoms with Crippen molar-refractivity contribution in [2.45, 2.75) is 57.8 Å². The molecule has 2 aliphatic carbocycles. The number of hydrogen-bond acceptors (Lipinski definition) is 5. The molecular formula is C20H27NO4. The summed E-state index contributed by atoms with van der Waals surface area (Å²) in [5.41, 5.74) is 6.59. The molecule has 1 aromatic carbocycles. The van der Waals surface area contributed by atoms with Crippen LogP contribution in [0.5, 0.6) is 11.5 Å². The third-order valence-electron chi connectivity index (χ3n) is 5.24. The molecule has 2 fully saturated rings. The number of carbonyl (C=O) groups excluding carboxylic acids is 2. The largest absolute Gasteiger partial charge is 0.422 e. The Labute approximate surface area is 148 Å². The van der Waals surface area contributed by atoms with Crippen molar-refractivity contribution in [3.8, 4) is 11.5 Å². The van der Waals surface area contributed by atoms with E-state index < -0.39 is 0 Å². The molecule has 0 unspecified atom stereocenters. The van der Waals surface area contributed by atoms with Crippen LogP contribution in [0, 0.1) is 11.8 Å². The number of esters is 2. The summed E-state index contributed by atoms with van der Waals surface area (Å²) in [6.07, 6.45) is 8.45. The van der Waals surface area contributed by atoms with Crippen LogP contribution in [0.15, 0.2) is 18.2 Å². The quantitative estimate of drug-likeness (QED) is 0.631. The summed E-state index contributed by atoms with van der Waals surface area (Å²) in [4.78, 5) is 24.7. The van der Waals surface area contributed by atoms with Crippen LogP contribution in [-0.2, 0) is 16.0 Å². The molecule has 5 heteroatoms. The highest BCUT2D eigenvalue weighted by atomic mass is 16.6. The summed E-state index contributed by atoms with van der Waals surface area (Å²) in [6.45, 7) is 0.511. The minimum Gasteiger partial charge on any atom is -0.422 e. The summed E-state index contributed by atoms with van der Waals surface area (Å²) in [5.74, 6) is 0.152. The summed E-state index contributed by atoms with van der Waals surface area (Å²) in [7, 11) is 0. The lowest BCUT2D eigenvalue weighted by Crippen LogP contribution is -2.21. The van der Waals surface area contributed by atoms with Gasteiger partial charge in [-0.25, -0.2) is 0 Å². The molecule has 2 saturated carbocycles. The van der Waals surface area contributed by atoms with Gasteiger partial charge in [0.25, 0.3) is 0 Å². The van der Waals surface area contributed by atoms with Gasteiger partial charge in [0.15, 0.2) is 11.5 Å². The van der Waals surface area contributed by atoms with Gasteiger partial charge in [-0.05, 0) is 56.3 Å². The minimum absolute atomic E-state index is 0.0397. The second-order valence-corrected chi connectivity index (χ2v) is 7.12. The molecule has 0 saturated heterocycles. The predicted molar refractivity (Wildman–Crippen MR) is 94.4 cm³/mol. The van der Waals surface area contributed by atoms with E-state index in [0.29, 0.717) is 24.5 Å². The van der Waals surface area contributed by atoms with Crippen molar-refractivity contribution in [1.82, 2.24) is 0 Å². The molecule has 0 amide bonds. The van der Waals surface area contributed by atoms with Gasteiger partial charge in [-0.2, -0.15) is 0 Å². The van der Waals surface area contributed by atoms with E-state index in [1.165, 1.54) is 0 Å². The van der Waals surface area contributed by atoms with E-state index in [4.69, 9.17) is 15.2 Å². The van der Waals surface area contributed by atoms with E-state index in [1.807, 2.05) is 6.07 Å². The molecule has 25 heavy (non-hydrogen) atoms. The molecule has 0 heterocycles. The Morgan fingerprint density at radius 3 is 1.92 bits per heavy atom. The first-order valence-electron chi connectivity index (χ1n) is 9.43. The third kappa shape index (κ3) is 4.60. The zero-order chi connectivity index (χ0) is 17.6. The monoisotopic (exact) mass is 345 g/mol. The number of ether oxygens (including phenoxy) is 2. The van der Waals surface area contributed by atoms with Crippen LogP contribution in [0.3, 0.4) is 0 Å². The highest BCUT2D eigenvalue weighted by Crippen LogP contribution is 2.34. The van der Waals surface area contributed by atoms with E-state index in [-0.39, 0.29) is 23.8 Å². The molecular weight excluding hydrogens is 318 g/mol. The minimum atomic E-state index is -0.222. The van der Waals surface area contributed by atoms with E-state index in [1.54, 1.807) is 12.1 Å². The number of benzene rings is 1. The van der Waals surface area contributed by atoms with Crippen LogP contribution in [-0.4, -0.2) is 18.5 Å². The van der Waals surface area contributed by atoms with Crippen molar-refractivity contribution in [1.29, 1.82) is 0 Å². The van der Waals surface area contributed by atoms with Crippen molar-refractivity contribution >= 4 is 11.9 Å². The summed E-state index contributed by atoms with van der Waals surface area (Å²) in [6, 6.07) is 5.36. The molecule has 136 valence electrons. The molecule has 1 aromatic rings. The van der Waals surface area contributed by atoms with Crippen LogP contribution in [0.25, 0.3) is 0 Å². The molecule has 0 atom stereocenters. The second kappa shape index (κ2) is 8.48. The molecule has 2 N–H and O–H groups in total. The van der Waals surface area contributed by atoms with Crippen molar-refractivity contribution in [3.63, 3.8) is 0 Å². The molecule has 0 aromatic heterocycles. The van der Waals surface area contributed by atoms with Gasteiger partial charge in [-0.3, -0.25) is 9.59 Å². The first-order valence-corrected chi connectivity index (χ1v) is 9.43. The molecule has 2 aliphatic rings. The van der Waals surface area contributed by atoms with Crippen LogP contribution in [0.1, 0.15) is 56.9 Å². The number of nitrogens with two attached hydrogens (primary N) is 1. The molecule has 3 rings (SSSR count). The van der Waals surface area contributed by atoms with Crippen molar-refractivity contribution < 1.29 is 19.1 Å². The summed E-state index contributed by atoms with van der Waals surface area (Å²) in [5, 5.41) is 0. The van der Waals surface area contributed by atoms with E-state index >= 15 is 0 Å². The first-order chi connectivity index (χ1) is 12.2. The Morgan fingerprint density at radius 1 is 0.880 bits per heavy atom. The van der Waals surface area contributed by atoms with Crippen LogP contribution >= 0.6 is 0 Å². The molecule has 0 spiro atoms. The van der Waals surface area contributed by atoms with Crippen LogP contribution in [0.4, 0.5) is 0 Å². The van der Waals surface area contributed by atoms with Gasteiger partial charge in [-0.1, -0.05) is 31.7 Å². The third-order valence-corrected chi connectivity index (χ3v) is 5.24. The standard InChI is InChI=1S/C20H27NO4/c21-12-11-14-9-10-17(24-19(22)15-5-1-2-6-15)18(13-14)25-20(23)16-7-3-4-8-16/h9-10,13,15-16H,1-8,11-12,21H2. The van der Waals surface area contributed by atoms with Gasteiger partial charge in [0, 0.05) is 0 Å². The smallest absolute Gasteiger partial charge is 0.314 e. The number of hydrogen-bond donors (Lipinski definition) is 1. The fraction of sp³-hybridized carbons (Fsp3) is 0.600. The first kappa shape index (κ1) is 17.9. The SMILES string of the molecule is NCCc1ccc(OC(=O)C2CCCC2)c(OC(=O)C2CCCC2)c1. The molecule has 0 radical (unpaired) electrons. The Bertz CT molecular complexity index is 616. The predicted octanol–water partition coefficient (Wildman–Crippen LogP) is 3.38. The molecule has 5 nitrogen and oxygen atoms in total. The zero-order valence-corrected chi connectivity index (χ0v) is 14.7. The van der Waals surface area contributed by atoms with Gasteiger partial charge >= 0.3 is 11.9 Å². The highest BCUT2D eigenvalue weighted by Gasteiger charge is 2.28. The van der Waals surface area contributed by atoms with Gasteiger partial charge in [0.2, 0.25) is 0 Å². The van der Waals surface area contributed by atoms with Gasteiger partial charge in [0.05, 0.1) is 11.8 Å². The summed E-state index contributed by atoms with van der Waals surface area (Å²) >= 11 is 0. The van der Waals surface area contributed by atoms with Crippen molar-refractivity contribution in [2.24, 2.45) is 17.6 Å². The van der Waals surface area contributed by atoms with E-state index in [9.17, 15) is 9.59 Å². The fourth-order valence-electron chi connectivity index (χ4n) is 3.75. The normalized spacial score (nSPS) is 18.4. The Balaban J connectivity index is 1.75. The maximum absolute atomic E-state index is 12.4. The fourth-order valence-corrected chi connectivity index (χ4v) is 3.75. The lowest BCUT2D eigenvalue weighted by atomic mass is 10.1. The zero-order valence-electron chi connectivity index (χ0n) is 14.7. The molecule has 0 bridgehead atoms. The van der Waals surface area contributed by atoms with E-state index in [0.717, 1.165) is 56.9 Å². The average Bonchev–Trinajstić information content (AvgIpc) is 3.31. The van der Waals surface area contributed by atoms with Gasteiger partial charge in [0.1, 0.15) is 0 Å². The lowest BCUT2D eigenvalue weighted by Gasteiger charge is -2.15. The highest BCUT2D eigenvalue weighted by molar-refractivity contribution is 5.79. The maximum Gasteiger partial charge on any atom is 0.314 e. The van der Waals surface area contributed by atoms with E-state index in [2.05, 4.69) is 0 Å². The summed E-state index contributed by atoms with van der Waals surface area (Å²) < 4.78 is 11.2. The Hall–Kier alpha value is -1.88. The van der Waals surface area contributed by atoms with Gasteiger partial charge < -0.3 is 15.2 Å². The average molecular weight is 345 g/mol. The van der Waals surface area contributed by atoms with Crippen LogP contribution in [0.2, 0.25) is 0 Å². The number of rotatable bonds is 6. The van der Waals surface area contributed by atoms with Crippen molar-refractivity contribution in [3.05, 3.63) is 23.8 Å². The topological polar surface area (TPSA) is 78.6 Å². The lowest BCUT2D eigenvalue weighted by molar-refractivity contribution is -0.141. The Morgan fingerprint density at radius 2 is 1.40 bits per heavy atom.